The van der Waals surface area contributed by atoms with E-state index in [1.165, 1.54) is 6.07 Å². The van der Waals surface area contributed by atoms with Crippen LogP contribution in [0.25, 0.3) is 0 Å². The number of halogens is 3. The van der Waals surface area contributed by atoms with E-state index < -0.39 is 0 Å². The van der Waals surface area contributed by atoms with Gasteiger partial charge in [-0.05, 0) is 35.7 Å². The molecule has 0 radical (unpaired) electrons. The molecule has 0 amide bonds. The first-order chi connectivity index (χ1) is 8.16. The zero-order valence-corrected chi connectivity index (χ0v) is 12.2. The Kier molecular flexibility index (Phi) is 4.35. The van der Waals surface area contributed by atoms with Gasteiger partial charge in [0.15, 0.2) is 0 Å². The molecular weight excluding hydrogens is 347 g/mol. The maximum Gasteiger partial charge on any atom is 0.126 e. The zero-order chi connectivity index (χ0) is 12.3. The highest BCUT2D eigenvalue weighted by molar-refractivity contribution is 9.10. The highest BCUT2D eigenvalue weighted by Gasteiger charge is 2.11. The lowest BCUT2D eigenvalue weighted by Crippen LogP contribution is -1.97. The topological polar surface area (TPSA) is 0 Å². The number of hydrogen-bond acceptors (Lipinski definition) is 0. The van der Waals surface area contributed by atoms with Crippen molar-refractivity contribution in [3.8, 4) is 0 Å². The van der Waals surface area contributed by atoms with Gasteiger partial charge >= 0.3 is 0 Å². The van der Waals surface area contributed by atoms with Crippen LogP contribution in [0.5, 0.6) is 0 Å². The van der Waals surface area contributed by atoms with Gasteiger partial charge in [-0.15, -0.1) is 0 Å². The second kappa shape index (κ2) is 5.78. The summed E-state index contributed by atoms with van der Waals surface area (Å²) < 4.78 is 14.6. The lowest BCUT2D eigenvalue weighted by atomic mass is 10.0. The van der Waals surface area contributed by atoms with Crippen LogP contribution >= 0.6 is 31.9 Å². The molecule has 3 heteroatoms. The summed E-state index contributed by atoms with van der Waals surface area (Å²) in [5, 5.41) is 0. The van der Waals surface area contributed by atoms with Crippen molar-refractivity contribution in [2.24, 2.45) is 0 Å². The first-order valence-electron chi connectivity index (χ1n) is 5.30. The van der Waals surface area contributed by atoms with E-state index in [2.05, 4.69) is 31.9 Å². The third-order valence-corrected chi connectivity index (χ3v) is 3.91. The monoisotopic (exact) mass is 356 g/mol. The molecule has 0 N–H and O–H groups in total. The van der Waals surface area contributed by atoms with E-state index in [9.17, 15) is 4.39 Å². The Morgan fingerprint density at radius 3 is 2.53 bits per heavy atom. The van der Waals surface area contributed by atoms with Crippen LogP contribution in [0.3, 0.4) is 0 Å². The van der Waals surface area contributed by atoms with Gasteiger partial charge in [0.25, 0.3) is 0 Å². The lowest BCUT2D eigenvalue weighted by Gasteiger charge is -2.11. The zero-order valence-electron chi connectivity index (χ0n) is 9.04. The SMILES string of the molecule is Fc1ccccc1CC(Br)c1cccc(Br)c1. The van der Waals surface area contributed by atoms with Crippen LogP contribution in [-0.2, 0) is 6.42 Å². The third-order valence-electron chi connectivity index (χ3n) is 2.57. The molecule has 2 rings (SSSR count). The summed E-state index contributed by atoms with van der Waals surface area (Å²) in [6, 6.07) is 14.9. The summed E-state index contributed by atoms with van der Waals surface area (Å²) in [7, 11) is 0. The third kappa shape index (κ3) is 3.39. The normalized spacial score (nSPS) is 12.4. The fraction of sp³-hybridized carbons (Fsp3) is 0.143. The van der Waals surface area contributed by atoms with E-state index >= 15 is 0 Å². The molecule has 0 aliphatic heterocycles. The Hall–Kier alpha value is -0.670. The second-order valence-corrected chi connectivity index (χ2v) is 5.84. The van der Waals surface area contributed by atoms with Gasteiger partial charge < -0.3 is 0 Å². The molecule has 0 saturated carbocycles. The minimum Gasteiger partial charge on any atom is -0.207 e. The van der Waals surface area contributed by atoms with Crippen molar-refractivity contribution in [2.75, 3.05) is 0 Å². The standard InChI is InChI=1S/C14H11Br2F/c15-12-6-3-5-10(8-12)13(16)9-11-4-1-2-7-14(11)17/h1-8,13H,9H2. The Balaban J connectivity index is 2.17. The van der Waals surface area contributed by atoms with E-state index in [-0.39, 0.29) is 10.6 Å². The Morgan fingerprint density at radius 1 is 1.06 bits per heavy atom. The average molecular weight is 358 g/mol. The summed E-state index contributed by atoms with van der Waals surface area (Å²) in [6.45, 7) is 0. The maximum absolute atomic E-state index is 13.5. The smallest absolute Gasteiger partial charge is 0.126 e. The molecule has 1 atom stereocenters. The van der Waals surface area contributed by atoms with Crippen molar-refractivity contribution in [2.45, 2.75) is 11.2 Å². The van der Waals surface area contributed by atoms with Gasteiger partial charge in [0, 0.05) is 9.30 Å². The van der Waals surface area contributed by atoms with Gasteiger partial charge in [-0.1, -0.05) is 62.2 Å². The number of hydrogen-bond donors (Lipinski definition) is 0. The van der Waals surface area contributed by atoms with E-state index in [4.69, 9.17) is 0 Å². The van der Waals surface area contributed by atoms with Crippen molar-refractivity contribution in [3.05, 3.63) is 69.9 Å². The van der Waals surface area contributed by atoms with Gasteiger partial charge in [0.05, 0.1) is 0 Å². The molecule has 2 aromatic rings. The number of benzene rings is 2. The summed E-state index contributed by atoms with van der Waals surface area (Å²) in [6.07, 6.45) is 0.642. The fourth-order valence-corrected chi connectivity index (χ4v) is 2.73. The second-order valence-electron chi connectivity index (χ2n) is 3.82. The van der Waals surface area contributed by atoms with Crippen molar-refractivity contribution in [3.63, 3.8) is 0 Å². The quantitative estimate of drug-likeness (QED) is 0.656. The van der Waals surface area contributed by atoms with Crippen molar-refractivity contribution >= 4 is 31.9 Å². The molecule has 0 saturated heterocycles. The van der Waals surface area contributed by atoms with Gasteiger partial charge in [0.2, 0.25) is 0 Å². The molecule has 0 aromatic heterocycles. The summed E-state index contributed by atoms with van der Waals surface area (Å²) in [5.41, 5.74) is 1.87. The predicted octanol–water partition coefficient (Wildman–Crippen LogP) is 5.27. The average Bonchev–Trinajstić information content (AvgIpc) is 2.32. The molecule has 88 valence electrons. The molecule has 17 heavy (non-hydrogen) atoms. The van der Waals surface area contributed by atoms with Gasteiger partial charge in [-0.3, -0.25) is 0 Å². The van der Waals surface area contributed by atoms with Crippen LogP contribution < -0.4 is 0 Å². The van der Waals surface area contributed by atoms with Gasteiger partial charge in [-0.2, -0.15) is 0 Å². The van der Waals surface area contributed by atoms with Crippen LogP contribution in [0.2, 0.25) is 0 Å². The molecule has 0 bridgehead atoms. The molecule has 2 aromatic carbocycles. The van der Waals surface area contributed by atoms with Crippen LogP contribution in [0, 0.1) is 5.82 Å². The summed E-state index contributed by atoms with van der Waals surface area (Å²) >= 11 is 7.04. The Bertz CT molecular complexity index is 511. The molecule has 0 heterocycles. The summed E-state index contributed by atoms with van der Waals surface area (Å²) in [4.78, 5) is 0.122. The van der Waals surface area contributed by atoms with Gasteiger partial charge in [0.1, 0.15) is 5.82 Å². The highest BCUT2D eigenvalue weighted by Crippen LogP contribution is 2.29. The van der Waals surface area contributed by atoms with Crippen molar-refractivity contribution in [1.29, 1.82) is 0 Å². The molecule has 0 aliphatic rings. The number of rotatable bonds is 3. The Labute approximate surface area is 117 Å². The van der Waals surface area contributed by atoms with Crippen LogP contribution in [0.1, 0.15) is 16.0 Å². The maximum atomic E-state index is 13.5. The molecule has 0 nitrogen and oxygen atoms in total. The number of alkyl halides is 1. The van der Waals surface area contributed by atoms with Crippen LogP contribution in [0.4, 0.5) is 4.39 Å². The summed E-state index contributed by atoms with van der Waals surface area (Å²) in [5.74, 6) is -0.146. The Morgan fingerprint density at radius 2 is 1.82 bits per heavy atom. The highest BCUT2D eigenvalue weighted by atomic mass is 79.9. The van der Waals surface area contributed by atoms with Crippen molar-refractivity contribution < 1.29 is 4.39 Å². The molecule has 0 spiro atoms. The van der Waals surface area contributed by atoms with Crippen LogP contribution in [-0.4, -0.2) is 0 Å². The first kappa shape index (κ1) is 12.8. The van der Waals surface area contributed by atoms with Gasteiger partial charge in [-0.25, -0.2) is 4.39 Å². The first-order valence-corrected chi connectivity index (χ1v) is 7.00. The predicted molar refractivity (Wildman–Crippen MR) is 75.9 cm³/mol. The minimum absolute atomic E-state index is 0.122. The van der Waals surface area contributed by atoms with Crippen LogP contribution in [0.15, 0.2) is 53.0 Å². The molecular formula is C14H11Br2F. The van der Waals surface area contributed by atoms with E-state index in [0.717, 1.165) is 15.6 Å². The van der Waals surface area contributed by atoms with Crippen molar-refractivity contribution in [1.82, 2.24) is 0 Å². The minimum atomic E-state index is -0.146. The largest absolute Gasteiger partial charge is 0.207 e. The van der Waals surface area contributed by atoms with E-state index in [0.29, 0.717) is 6.42 Å². The molecule has 1 unspecified atom stereocenters. The lowest BCUT2D eigenvalue weighted by molar-refractivity contribution is 0.608. The van der Waals surface area contributed by atoms with E-state index in [1.54, 1.807) is 6.07 Å². The fourth-order valence-electron chi connectivity index (χ4n) is 1.68. The molecule has 0 fully saturated rings. The van der Waals surface area contributed by atoms with E-state index in [1.807, 2.05) is 36.4 Å². The molecule has 0 aliphatic carbocycles.